The van der Waals surface area contributed by atoms with Crippen molar-refractivity contribution in [1.82, 2.24) is 0 Å². The van der Waals surface area contributed by atoms with Gasteiger partial charge in [0.25, 0.3) is 0 Å². The molecule has 2 nitrogen and oxygen atoms in total. The highest BCUT2D eigenvalue weighted by molar-refractivity contribution is 7.85. The largest absolute Gasteiger partial charge is 0.382 e. The molecule has 3 heteroatoms. The first kappa shape index (κ1) is 12.6. The molecule has 0 amide bonds. The molecule has 17 heavy (non-hydrogen) atoms. The van der Waals surface area contributed by atoms with Gasteiger partial charge < -0.3 is 5.32 Å². The van der Waals surface area contributed by atoms with Gasteiger partial charge in [0.15, 0.2) is 0 Å². The fourth-order valence-corrected chi connectivity index (χ4v) is 3.85. The lowest BCUT2D eigenvalue weighted by Crippen LogP contribution is -2.29. The Morgan fingerprint density at radius 3 is 2.18 bits per heavy atom. The van der Waals surface area contributed by atoms with Gasteiger partial charge in [-0.25, -0.2) is 0 Å². The lowest BCUT2D eigenvalue weighted by molar-refractivity contribution is 0.623. The van der Waals surface area contributed by atoms with Crippen LogP contribution < -0.4 is 5.32 Å². The first-order chi connectivity index (χ1) is 8.06. The monoisotopic (exact) mass is 251 g/mol. The second kappa shape index (κ2) is 5.21. The molecular weight excluding hydrogens is 230 g/mol. The van der Waals surface area contributed by atoms with Crippen LogP contribution in [0, 0.1) is 20.8 Å². The van der Waals surface area contributed by atoms with Crippen LogP contribution in [0.25, 0.3) is 0 Å². The predicted octanol–water partition coefficient (Wildman–Crippen LogP) is 2.93. The smallest absolute Gasteiger partial charge is 0.0401 e. The fourth-order valence-electron chi connectivity index (χ4n) is 2.55. The topological polar surface area (TPSA) is 29.1 Å². The molecule has 1 fully saturated rings. The van der Waals surface area contributed by atoms with E-state index < -0.39 is 10.8 Å². The van der Waals surface area contributed by atoms with Gasteiger partial charge in [0.05, 0.1) is 0 Å². The quantitative estimate of drug-likeness (QED) is 0.875. The number of nitrogens with one attached hydrogen (secondary N) is 1. The summed E-state index contributed by atoms with van der Waals surface area (Å²) in [7, 11) is -0.573. The van der Waals surface area contributed by atoms with Crippen LogP contribution in [0.1, 0.15) is 29.5 Å². The number of anilines is 1. The summed E-state index contributed by atoms with van der Waals surface area (Å²) in [4.78, 5) is 0. The van der Waals surface area contributed by atoms with Gasteiger partial charge in [-0.1, -0.05) is 17.7 Å². The number of rotatable bonds is 2. The molecule has 0 aromatic heterocycles. The van der Waals surface area contributed by atoms with Crippen molar-refractivity contribution >= 4 is 16.5 Å². The molecule has 0 saturated carbocycles. The van der Waals surface area contributed by atoms with Crippen molar-refractivity contribution < 1.29 is 4.21 Å². The van der Waals surface area contributed by atoms with Crippen molar-refractivity contribution in [1.29, 1.82) is 0 Å². The zero-order chi connectivity index (χ0) is 12.4. The lowest BCUT2D eigenvalue weighted by atomic mass is 10.0. The van der Waals surface area contributed by atoms with Gasteiger partial charge in [-0.3, -0.25) is 4.21 Å². The molecule has 1 aliphatic heterocycles. The Hall–Kier alpha value is -0.830. The van der Waals surface area contributed by atoms with E-state index >= 15 is 0 Å². The van der Waals surface area contributed by atoms with E-state index in [2.05, 4.69) is 38.2 Å². The van der Waals surface area contributed by atoms with E-state index in [9.17, 15) is 4.21 Å². The molecule has 1 heterocycles. The maximum absolute atomic E-state index is 11.3. The van der Waals surface area contributed by atoms with Gasteiger partial charge in [0, 0.05) is 34.0 Å². The van der Waals surface area contributed by atoms with Crippen molar-refractivity contribution in [3.05, 3.63) is 28.8 Å². The maximum atomic E-state index is 11.3. The average Bonchev–Trinajstić information content (AvgIpc) is 2.26. The van der Waals surface area contributed by atoms with Crippen LogP contribution in [0.15, 0.2) is 12.1 Å². The zero-order valence-corrected chi connectivity index (χ0v) is 11.7. The van der Waals surface area contributed by atoms with Crippen molar-refractivity contribution in [3.8, 4) is 0 Å². The molecule has 2 rings (SSSR count). The highest BCUT2D eigenvalue weighted by Gasteiger charge is 2.18. The van der Waals surface area contributed by atoms with Gasteiger partial charge in [-0.15, -0.1) is 0 Å². The molecule has 0 bridgehead atoms. The first-order valence-corrected chi connectivity index (χ1v) is 7.74. The van der Waals surface area contributed by atoms with Crippen molar-refractivity contribution in [2.45, 2.75) is 39.7 Å². The lowest BCUT2D eigenvalue weighted by Gasteiger charge is -2.25. The summed E-state index contributed by atoms with van der Waals surface area (Å²) in [6.45, 7) is 6.44. The molecule has 0 unspecified atom stereocenters. The van der Waals surface area contributed by atoms with Crippen LogP contribution in [0.4, 0.5) is 5.69 Å². The minimum absolute atomic E-state index is 0.493. The molecule has 1 saturated heterocycles. The van der Waals surface area contributed by atoms with Crippen LogP contribution in [-0.2, 0) is 10.8 Å². The molecule has 1 aromatic carbocycles. The Balaban J connectivity index is 2.11. The molecular formula is C14H21NOS. The molecule has 0 radical (unpaired) electrons. The van der Waals surface area contributed by atoms with Gasteiger partial charge in [0.1, 0.15) is 0 Å². The Bertz CT molecular complexity index is 409. The van der Waals surface area contributed by atoms with Crippen LogP contribution in [-0.4, -0.2) is 21.8 Å². The second-order valence-electron chi connectivity index (χ2n) is 5.04. The number of hydrogen-bond acceptors (Lipinski definition) is 2. The van der Waals surface area contributed by atoms with E-state index in [1.165, 1.54) is 22.4 Å². The predicted molar refractivity (Wildman–Crippen MR) is 75.2 cm³/mol. The van der Waals surface area contributed by atoms with Crippen LogP contribution >= 0.6 is 0 Å². The van der Waals surface area contributed by atoms with E-state index in [1.54, 1.807) is 0 Å². The van der Waals surface area contributed by atoms with E-state index in [4.69, 9.17) is 0 Å². The Morgan fingerprint density at radius 2 is 1.65 bits per heavy atom. The highest BCUT2D eigenvalue weighted by atomic mass is 32.2. The van der Waals surface area contributed by atoms with Gasteiger partial charge in [-0.2, -0.15) is 0 Å². The van der Waals surface area contributed by atoms with Gasteiger partial charge in [-0.05, 0) is 44.7 Å². The molecule has 1 N–H and O–H groups in total. The van der Waals surface area contributed by atoms with Crippen molar-refractivity contribution in [2.75, 3.05) is 16.8 Å². The van der Waals surface area contributed by atoms with E-state index in [-0.39, 0.29) is 0 Å². The van der Waals surface area contributed by atoms with Crippen LogP contribution in [0.3, 0.4) is 0 Å². The molecule has 1 aromatic rings. The highest BCUT2D eigenvalue weighted by Crippen LogP contribution is 2.24. The fraction of sp³-hybridized carbons (Fsp3) is 0.571. The van der Waals surface area contributed by atoms with Crippen LogP contribution in [0.2, 0.25) is 0 Å². The second-order valence-corrected chi connectivity index (χ2v) is 6.74. The molecule has 0 atom stereocenters. The minimum Gasteiger partial charge on any atom is -0.382 e. The molecule has 94 valence electrons. The number of hydrogen-bond donors (Lipinski definition) is 1. The number of aryl methyl sites for hydroxylation is 3. The summed E-state index contributed by atoms with van der Waals surface area (Å²) in [5.41, 5.74) is 5.21. The molecule has 1 aliphatic rings. The standard InChI is InChI=1S/C14H21NOS/c1-10-8-11(2)14(12(3)9-10)15-13-4-6-17(16)7-5-13/h8-9,13,15H,4-7H2,1-3H3. The maximum Gasteiger partial charge on any atom is 0.0401 e. The molecule has 0 spiro atoms. The minimum atomic E-state index is -0.573. The zero-order valence-electron chi connectivity index (χ0n) is 10.9. The van der Waals surface area contributed by atoms with Crippen molar-refractivity contribution in [3.63, 3.8) is 0 Å². The average molecular weight is 251 g/mol. The Kier molecular flexibility index (Phi) is 3.87. The van der Waals surface area contributed by atoms with Gasteiger partial charge >= 0.3 is 0 Å². The van der Waals surface area contributed by atoms with E-state index in [0.717, 1.165) is 24.3 Å². The van der Waals surface area contributed by atoms with Crippen molar-refractivity contribution in [2.24, 2.45) is 0 Å². The number of benzene rings is 1. The normalized spacial score (nSPS) is 24.6. The van der Waals surface area contributed by atoms with E-state index in [0.29, 0.717) is 6.04 Å². The summed E-state index contributed by atoms with van der Waals surface area (Å²) in [6.07, 6.45) is 2.05. The summed E-state index contributed by atoms with van der Waals surface area (Å²) in [5.74, 6) is 1.70. The third-order valence-corrected chi connectivity index (χ3v) is 4.80. The Morgan fingerprint density at radius 1 is 1.12 bits per heavy atom. The van der Waals surface area contributed by atoms with Crippen LogP contribution in [0.5, 0.6) is 0 Å². The Labute approximate surface area is 106 Å². The summed E-state index contributed by atoms with van der Waals surface area (Å²) in [6, 6.07) is 4.93. The summed E-state index contributed by atoms with van der Waals surface area (Å²) < 4.78 is 11.3. The third kappa shape index (κ3) is 3.09. The third-order valence-electron chi connectivity index (χ3n) is 3.41. The van der Waals surface area contributed by atoms with Gasteiger partial charge in [0.2, 0.25) is 0 Å². The summed E-state index contributed by atoms with van der Waals surface area (Å²) >= 11 is 0. The molecule has 0 aliphatic carbocycles. The first-order valence-electron chi connectivity index (χ1n) is 6.25. The SMILES string of the molecule is Cc1cc(C)c(NC2CCS(=O)CC2)c(C)c1. The summed E-state index contributed by atoms with van der Waals surface area (Å²) in [5, 5.41) is 3.63. The van der Waals surface area contributed by atoms with E-state index in [1.807, 2.05) is 0 Å².